The molecule has 0 N–H and O–H groups in total. The fourth-order valence-corrected chi connectivity index (χ4v) is 3.41. The third-order valence-corrected chi connectivity index (χ3v) is 5.01. The zero-order chi connectivity index (χ0) is 20.8. The van der Waals surface area contributed by atoms with E-state index >= 15 is 0 Å². The zero-order valence-electron chi connectivity index (χ0n) is 17.4. The highest BCUT2D eigenvalue weighted by Gasteiger charge is 2.26. The second-order valence-corrected chi connectivity index (χ2v) is 6.91. The number of anilines is 1. The summed E-state index contributed by atoms with van der Waals surface area (Å²) >= 11 is 0. The number of ether oxygens (including phenoxy) is 3. The van der Waals surface area contributed by atoms with Gasteiger partial charge in [-0.05, 0) is 37.3 Å². The molecular weight excluding hydrogens is 368 g/mol. The average molecular weight is 396 g/mol. The van der Waals surface area contributed by atoms with Gasteiger partial charge in [0, 0.05) is 31.3 Å². The Balaban J connectivity index is 1.65. The molecule has 1 atom stereocenters. The van der Waals surface area contributed by atoms with Crippen LogP contribution in [0, 0.1) is 0 Å². The van der Waals surface area contributed by atoms with Crippen LogP contribution in [0.15, 0.2) is 48.5 Å². The lowest BCUT2D eigenvalue weighted by atomic mass is 10.1. The van der Waals surface area contributed by atoms with E-state index in [4.69, 9.17) is 14.2 Å². The summed E-state index contributed by atoms with van der Waals surface area (Å²) in [5.41, 5.74) is 1.92. The molecule has 0 spiro atoms. The van der Waals surface area contributed by atoms with E-state index in [9.17, 15) is 4.79 Å². The van der Waals surface area contributed by atoms with Crippen LogP contribution in [0.5, 0.6) is 17.2 Å². The lowest BCUT2D eigenvalue weighted by Gasteiger charge is -2.37. The van der Waals surface area contributed by atoms with Crippen LogP contribution in [0.25, 0.3) is 6.08 Å². The number of fused-ring (bicyclic) bond motifs is 1. The van der Waals surface area contributed by atoms with Gasteiger partial charge >= 0.3 is 0 Å². The molecule has 0 fully saturated rings. The van der Waals surface area contributed by atoms with Gasteiger partial charge in [-0.2, -0.15) is 0 Å². The highest BCUT2D eigenvalue weighted by Crippen LogP contribution is 2.33. The second-order valence-electron chi connectivity index (χ2n) is 6.91. The molecule has 0 aromatic heterocycles. The van der Waals surface area contributed by atoms with Crippen molar-refractivity contribution < 1.29 is 19.0 Å². The Bertz CT molecular complexity index is 881. The van der Waals surface area contributed by atoms with Gasteiger partial charge in [0.25, 0.3) is 0 Å². The van der Waals surface area contributed by atoms with Crippen molar-refractivity contribution in [3.63, 3.8) is 0 Å². The summed E-state index contributed by atoms with van der Waals surface area (Å²) < 4.78 is 16.7. The lowest BCUT2D eigenvalue weighted by Crippen LogP contribution is -2.46. The molecule has 0 bridgehead atoms. The van der Waals surface area contributed by atoms with Gasteiger partial charge in [0.05, 0.1) is 33.0 Å². The van der Waals surface area contributed by atoms with E-state index in [-0.39, 0.29) is 12.0 Å². The molecule has 6 nitrogen and oxygen atoms in total. The van der Waals surface area contributed by atoms with Crippen LogP contribution in [0.1, 0.15) is 12.5 Å². The first-order valence-electron chi connectivity index (χ1n) is 9.71. The molecule has 2 aromatic carbocycles. The maximum Gasteiger partial charge on any atom is 0.246 e. The van der Waals surface area contributed by atoms with Crippen LogP contribution in [-0.4, -0.2) is 57.8 Å². The molecule has 3 rings (SSSR count). The first-order chi connectivity index (χ1) is 14.0. The maximum absolute atomic E-state index is 12.6. The van der Waals surface area contributed by atoms with Crippen molar-refractivity contribution in [2.24, 2.45) is 0 Å². The standard InChI is InChI=1S/C23H28N2O4/c1-5-25-16-19(29-21-9-7-6-8-20(21)25)15-24(2)23(26)13-11-17-10-12-18(27-3)14-22(17)28-4/h6-14,19H,5,15-16H2,1-4H3/b13-11+/t19-/m1/s1. The van der Waals surface area contributed by atoms with Crippen molar-refractivity contribution in [1.82, 2.24) is 4.90 Å². The molecular formula is C23H28N2O4. The molecule has 154 valence electrons. The Morgan fingerprint density at radius 2 is 2.03 bits per heavy atom. The third-order valence-electron chi connectivity index (χ3n) is 5.01. The first-order valence-corrected chi connectivity index (χ1v) is 9.71. The zero-order valence-corrected chi connectivity index (χ0v) is 17.4. The number of likely N-dealkylation sites (N-methyl/N-ethyl adjacent to an activating group) is 2. The van der Waals surface area contributed by atoms with Crippen LogP contribution >= 0.6 is 0 Å². The monoisotopic (exact) mass is 396 g/mol. The number of carbonyl (C=O) groups is 1. The van der Waals surface area contributed by atoms with E-state index in [1.165, 1.54) is 0 Å². The van der Waals surface area contributed by atoms with E-state index in [0.29, 0.717) is 18.0 Å². The number of para-hydroxylation sites is 2. The molecule has 29 heavy (non-hydrogen) atoms. The Morgan fingerprint density at radius 3 is 2.76 bits per heavy atom. The van der Waals surface area contributed by atoms with Gasteiger partial charge in [-0.15, -0.1) is 0 Å². The number of benzene rings is 2. The minimum Gasteiger partial charge on any atom is -0.497 e. The lowest BCUT2D eigenvalue weighted by molar-refractivity contribution is -0.125. The quantitative estimate of drug-likeness (QED) is 0.671. The Hall–Kier alpha value is -3.15. The van der Waals surface area contributed by atoms with E-state index in [0.717, 1.165) is 30.1 Å². The van der Waals surface area contributed by atoms with Gasteiger partial charge in [-0.3, -0.25) is 4.79 Å². The van der Waals surface area contributed by atoms with Gasteiger partial charge in [0.1, 0.15) is 23.4 Å². The van der Waals surface area contributed by atoms with Gasteiger partial charge in [0.2, 0.25) is 5.91 Å². The molecule has 1 aliphatic heterocycles. The summed E-state index contributed by atoms with van der Waals surface area (Å²) in [6.45, 7) is 4.28. The molecule has 1 heterocycles. The average Bonchev–Trinajstić information content (AvgIpc) is 2.76. The van der Waals surface area contributed by atoms with Crippen molar-refractivity contribution in [2.45, 2.75) is 13.0 Å². The summed E-state index contributed by atoms with van der Waals surface area (Å²) in [7, 11) is 4.99. The van der Waals surface area contributed by atoms with Crippen LogP contribution in [0.2, 0.25) is 0 Å². The number of methoxy groups -OCH3 is 2. The van der Waals surface area contributed by atoms with E-state index in [2.05, 4.69) is 17.9 Å². The molecule has 0 unspecified atom stereocenters. The molecule has 0 saturated carbocycles. The Labute approximate surface area is 172 Å². The topological polar surface area (TPSA) is 51.2 Å². The summed E-state index contributed by atoms with van der Waals surface area (Å²) in [4.78, 5) is 16.6. The maximum atomic E-state index is 12.6. The Kier molecular flexibility index (Phi) is 6.65. The summed E-state index contributed by atoms with van der Waals surface area (Å²) in [5.74, 6) is 2.14. The highest BCUT2D eigenvalue weighted by molar-refractivity contribution is 5.92. The van der Waals surface area contributed by atoms with Crippen LogP contribution in [-0.2, 0) is 4.79 Å². The molecule has 0 aliphatic carbocycles. The first kappa shape index (κ1) is 20.6. The molecule has 1 amide bonds. The fourth-order valence-electron chi connectivity index (χ4n) is 3.41. The highest BCUT2D eigenvalue weighted by atomic mass is 16.5. The number of hydrogen-bond acceptors (Lipinski definition) is 5. The van der Waals surface area contributed by atoms with Crippen LogP contribution < -0.4 is 19.1 Å². The summed E-state index contributed by atoms with van der Waals surface area (Å²) in [6, 6.07) is 13.5. The predicted molar refractivity (Wildman–Crippen MR) is 115 cm³/mol. The number of carbonyl (C=O) groups excluding carboxylic acids is 1. The van der Waals surface area contributed by atoms with E-state index in [1.54, 1.807) is 44.4 Å². The third kappa shape index (κ3) is 4.83. The van der Waals surface area contributed by atoms with Gasteiger partial charge in [-0.1, -0.05) is 12.1 Å². The minimum atomic E-state index is -0.0895. The van der Waals surface area contributed by atoms with Crippen molar-refractivity contribution in [3.05, 3.63) is 54.1 Å². The molecule has 1 aliphatic rings. The minimum absolute atomic E-state index is 0.0808. The van der Waals surface area contributed by atoms with Crippen LogP contribution in [0.4, 0.5) is 5.69 Å². The molecule has 0 radical (unpaired) electrons. The molecule has 6 heteroatoms. The number of hydrogen-bond donors (Lipinski definition) is 0. The largest absolute Gasteiger partial charge is 0.497 e. The number of amides is 1. The molecule has 2 aromatic rings. The predicted octanol–water partition coefficient (Wildman–Crippen LogP) is 3.46. The Morgan fingerprint density at radius 1 is 1.24 bits per heavy atom. The van der Waals surface area contributed by atoms with E-state index < -0.39 is 0 Å². The van der Waals surface area contributed by atoms with Crippen LogP contribution in [0.3, 0.4) is 0 Å². The SMILES string of the molecule is CCN1C[C@@H](CN(C)C(=O)/C=C/c2ccc(OC)cc2OC)Oc2ccccc21. The fraction of sp³-hybridized carbons (Fsp3) is 0.348. The van der Waals surface area contributed by atoms with E-state index in [1.807, 2.05) is 30.3 Å². The normalized spacial score (nSPS) is 15.6. The summed E-state index contributed by atoms with van der Waals surface area (Å²) in [6.07, 6.45) is 3.23. The molecule has 0 saturated heterocycles. The van der Waals surface area contributed by atoms with Gasteiger partial charge < -0.3 is 24.0 Å². The van der Waals surface area contributed by atoms with Gasteiger partial charge in [0.15, 0.2) is 0 Å². The van der Waals surface area contributed by atoms with Crippen molar-refractivity contribution in [3.8, 4) is 17.2 Å². The number of nitrogens with zero attached hydrogens (tertiary/aromatic N) is 2. The van der Waals surface area contributed by atoms with Crippen molar-refractivity contribution >= 4 is 17.7 Å². The van der Waals surface area contributed by atoms with Gasteiger partial charge in [-0.25, -0.2) is 0 Å². The van der Waals surface area contributed by atoms with Crippen molar-refractivity contribution in [2.75, 3.05) is 45.8 Å². The summed E-state index contributed by atoms with van der Waals surface area (Å²) in [5, 5.41) is 0. The van der Waals surface area contributed by atoms with Crippen molar-refractivity contribution in [1.29, 1.82) is 0 Å². The smallest absolute Gasteiger partial charge is 0.246 e. The second kappa shape index (κ2) is 9.37. The number of rotatable bonds is 7.